The lowest BCUT2D eigenvalue weighted by Crippen LogP contribution is -2.49. The van der Waals surface area contributed by atoms with E-state index in [0.717, 1.165) is 5.56 Å². The fourth-order valence-corrected chi connectivity index (χ4v) is 6.16. The van der Waals surface area contributed by atoms with Crippen LogP contribution in [0.3, 0.4) is 0 Å². The number of carbonyl (C=O) groups excluding carboxylic acids is 2. The number of nitrogens with zero attached hydrogens (tertiary/aromatic N) is 5. The molecule has 1 aliphatic heterocycles. The molecule has 0 radical (unpaired) electrons. The molecule has 5 rings (SSSR count). The zero-order valence-electron chi connectivity index (χ0n) is 23.4. The van der Waals surface area contributed by atoms with Crippen molar-refractivity contribution in [3.05, 3.63) is 96.7 Å². The first-order chi connectivity index (χ1) is 20.8. The third-order valence-corrected chi connectivity index (χ3v) is 8.77. The van der Waals surface area contributed by atoms with Gasteiger partial charge in [0.15, 0.2) is 0 Å². The highest BCUT2D eigenvalue weighted by Crippen LogP contribution is 2.25. The summed E-state index contributed by atoms with van der Waals surface area (Å²) in [6.07, 6.45) is 1.61. The van der Waals surface area contributed by atoms with Crippen molar-refractivity contribution in [3.63, 3.8) is 0 Å². The van der Waals surface area contributed by atoms with E-state index in [1.165, 1.54) is 9.31 Å². The number of nitrogens with one attached hydrogen (secondary N) is 2. The molecule has 2 heterocycles. The highest BCUT2D eigenvalue weighted by molar-refractivity contribution is 7.92. The largest absolute Gasteiger partial charge is 0.335 e. The highest BCUT2D eigenvalue weighted by Gasteiger charge is 2.25. The number of carbonyl (C=O) groups is 2. The molecule has 0 bridgehead atoms. The lowest BCUT2D eigenvalue weighted by atomic mass is 10.1. The van der Waals surface area contributed by atoms with E-state index < -0.39 is 15.4 Å². The Hall–Kier alpha value is -4.52. The molecule has 222 valence electrons. The van der Waals surface area contributed by atoms with Crippen LogP contribution < -0.4 is 15.2 Å². The summed E-state index contributed by atoms with van der Waals surface area (Å²) in [5.41, 5.74) is 5.98. The quantitative estimate of drug-likeness (QED) is 0.156. The summed E-state index contributed by atoms with van der Waals surface area (Å²) in [6.45, 7) is 3.92. The molecule has 43 heavy (non-hydrogen) atoms. The Kier molecular flexibility index (Phi) is 9.19. The van der Waals surface area contributed by atoms with Gasteiger partial charge < -0.3 is 15.1 Å². The standard InChI is InChI=1S/C30H30ClN7O4S/c1-2-33-38(25-6-4-3-5-7-25)43(41,42)26-14-10-22(11-15-26)27-16-17-32-30(35-27)34-24-12-8-23(9-13-24)28(39)36-18-20-37(21-19-36)29(31)40/h3-17,33H,2,18-21H2,1H3,(H,32,34,35). The van der Waals surface area contributed by atoms with E-state index >= 15 is 0 Å². The second-order valence-electron chi connectivity index (χ2n) is 9.64. The number of para-hydroxylation sites is 1. The van der Waals surface area contributed by atoms with Crippen LogP contribution in [-0.2, 0) is 10.0 Å². The predicted octanol–water partition coefficient (Wildman–Crippen LogP) is 4.72. The van der Waals surface area contributed by atoms with Gasteiger partial charge in [0, 0.05) is 55.7 Å². The first-order valence-electron chi connectivity index (χ1n) is 13.6. The first kappa shape index (κ1) is 30.0. The van der Waals surface area contributed by atoms with Crippen LogP contribution >= 0.6 is 11.6 Å². The molecule has 13 heteroatoms. The van der Waals surface area contributed by atoms with Crippen LogP contribution in [0.5, 0.6) is 0 Å². The van der Waals surface area contributed by atoms with Crippen molar-refractivity contribution in [1.82, 2.24) is 25.2 Å². The number of hydrogen-bond donors (Lipinski definition) is 2. The molecule has 1 aliphatic rings. The predicted molar refractivity (Wildman–Crippen MR) is 166 cm³/mol. The van der Waals surface area contributed by atoms with Crippen LogP contribution in [0, 0.1) is 0 Å². The fourth-order valence-electron chi connectivity index (χ4n) is 4.60. The molecule has 0 spiro atoms. The van der Waals surface area contributed by atoms with Gasteiger partial charge in [-0.3, -0.25) is 9.59 Å². The minimum Gasteiger partial charge on any atom is -0.335 e. The molecule has 0 unspecified atom stereocenters. The van der Waals surface area contributed by atoms with Crippen molar-refractivity contribution in [2.75, 3.05) is 42.5 Å². The molecular formula is C30H30ClN7O4S. The minimum atomic E-state index is -3.86. The SMILES string of the molecule is CCNN(c1ccccc1)S(=O)(=O)c1ccc(-c2ccnc(Nc3ccc(C(=O)N4CCN(C(=O)Cl)CC4)cc3)n2)cc1. The van der Waals surface area contributed by atoms with Gasteiger partial charge in [0.2, 0.25) is 5.95 Å². The molecule has 4 aromatic rings. The van der Waals surface area contributed by atoms with Crippen LogP contribution in [0.2, 0.25) is 0 Å². The fraction of sp³-hybridized carbons (Fsp3) is 0.200. The number of benzene rings is 3. The van der Waals surface area contributed by atoms with Crippen LogP contribution in [0.25, 0.3) is 11.3 Å². The Morgan fingerprint density at radius 2 is 1.53 bits per heavy atom. The maximum atomic E-state index is 13.4. The number of halogens is 1. The lowest BCUT2D eigenvalue weighted by Gasteiger charge is -2.33. The van der Waals surface area contributed by atoms with Gasteiger partial charge in [-0.05, 0) is 66.2 Å². The highest BCUT2D eigenvalue weighted by atomic mass is 35.5. The third-order valence-electron chi connectivity index (χ3n) is 6.84. The maximum Gasteiger partial charge on any atom is 0.316 e. The van der Waals surface area contributed by atoms with Gasteiger partial charge >= 0.3 is 5.37 Å². The van der Waals surface area contributed by atoms with Crippen LogP contribution in [-0.4, -0.2) is 72.2 Å². The summed E-state index contributed by atoms with van der Waals surface area (Å²) in [6, 6.07) is 24.1. The van der Waals surface area contributed by atoms with Crippen molar-refractivity contribution >= 4 is 50.2 Å². The lowest BCUT2D eigenvalue weighted by molar-refractivity contribution is 0.0676. The number of anilines is 3. The molecule has 0 aliphatic carbocycles. The van der Waals surface area contributed by atoms with E-state index in [9.17, 15) is 18.0 Å². The normalized spacial score (nSPS) is 13.4. The molecule has 3 aromatic carbocycles. The molecule has 11 nitrogen and oxygen atoms in total. The second-order valence-corrected chi connectivity index (χ2v) is 11.8. The van der Waals surface area contributed by atoms with Crippen molar-refractivity contribution in [3.8, 4) is 11.3 Å². The molecule has 1 aromatic heterocycles. The van der Waals surface area contributed by atoms with Gasteiger partial charge in [0.25, 0.3) is 15.9 Å². The van der Waals surface area contributed by atoms with Crippen LogP contribution in [0.15, 0.2) is 96.0 Å². The molecule has 0 atom stereocenters. The number of hydrazine groups is 1. The van der Waals surface area contributed by atoms with Gasteiger partial charge in [-0.15, -0.1) is 0 Å². The Labute approximate surface area is 255 Å². The molecule has 2 amide bonds. The number of piperazine rings is 1. The van der Waals surface area contributed by atoms with Crippen LogP contribution in [0.4, 0.5) is 22.1 Å². The monoisotopic (exact) mass is 619 g/mol. The second kappa shape index (κ2) is 13.2. The summed E-state index contributed by atoms with van der Waals surface area (Å²) >= 11 is 5.53. The Morgan fingerprint density at radius 1 is 0.884 bits per heavy atom. The third kappa shape index (κ3) is 6.94. The van der Waals surface area contributed by atoms with Gasteiger partial charge in [0.05, 0.1) is 16.3 Å². The van der Waals surface area contributed by atoms with Crippen molar-refractivity contribution < 1.29 is 18.0 Å². The number of rotatable bonds is 9. The van der Waals surface area contributed by atoms with Crippen molar-refractivity contribution in [2.24, 2.45) is 0 Å². The summed E-state index contributed by atoms with van der Waals surface area (Å²) in [5.74, 6) is 0.229. The van der Waals surface area contributed by atoms with Crippen molar-refractivity contribution in [2.45, 2.75) is 11.8 Å². The smallest absolute Gasteiger partial charge is 0.316 e. The molecular weight excluding hydrogens is 590 g/mol. The Bertz CT molecular complexity index is 1680. The topological polar surface area (TPSA) is 128 Å². The minimum absolute atomic E-state index is 0.116. The van der Waals surface area contributed by atoms with E-state index in [2.05, 4.69) is 20.7 Å². The van der Waals surface area contributed by atoms with E-state index in [-0.39, 0.29) is 10.8 Å². The summed E-state index contributed by atoms with van der Waals surface area (Å²) < 4.78 is 28.0. The van der Waals surface area contributed by atoms with E-state index in [0.29, 0.717) is 61.3 Å². The van der Waals surface area contributed by atoms with Crippen molar-refractivity contribution in [1.29, 1.82) is 0 Å². The zero-order valence-corrected chi connectivity index (χ0v) is 24.9. The number of hydrogen-bond acceptors (Lipinski definition) is 8. The molecule has 0 saturated carbocycles. The van der Waals surface area contributed by atoms with Gasteiger partial charge in [-0.25, -0.2) is 15.4 Å². The van der Waals surface area contributed by atoms with Gasteiger partial charge in [-0.2, -0.15) is 12.8 Å². The average Bonchev–Trinajstić information content (AvgIpc) is 3.04. The first-order valence-corrected chi connectivity index (χ1v) is 15.5. The maximum absolute atomic E-state index is 13.4. The number of aromatic nitrogens is 2. The average molecular weight is 620 g/mol. The molecule has 2 N–H and O–H groups in total. The van der Waals surface area contributed by atoms with Gasteiger partial charge in [-0.1, -0.05) is 37.3 Å². The summed E-state index contributed by atoms with van der Waals surface area (Å²) in [7, 11) is -3.86. The Balaban J connectivity index is 1.26. The zero-order chi connectivity index (χ0) is 30.4. The summed E-state index contributed by atoms with van der Waals surface area (Å²) in [5, 5.41) is 2.64. The Morgan fingerprint density at radius 3 is 2.16 bits per heavy atom. The van der Waals surface area contributed by atoms with Crippen LogP contribution in [0.1, 0.15) is 17.3 Å². The van der Waals surface area contributed by atoms with E-state index in [1.807, 2.05) is 13.0 Å². The van der Waals surface area contributed by atoms with E-state index in [4.69, 9.17) is 11.6 Å². The number of sulfonamides is 1. The molecule has 1 saturated heterocycles. The number of amides is 2. The van der Waals surface area contributed by atoms with E-state index in [1.54, 1.807) is 90.0 Å². The summed E-state index contributed by atoms with van der Waals surface area (Å²) in [4.78, 5) is 36.4. The van der Waals surface area contributed by atoms with Gasteiger partial charge in [0.1, 0.15) is 0 Å². The molecule has 1 fully saturated rings.